The third-order valence-electron chi connectivity index (χ3n) is 14.9. The van der Waals surface area contributed by atoms with Crippen LogP contribution in [-0.4, -0.2) is 139 Å². The number of benzene rings is 4. The van der Waals surface area contributed by atoms with Crippen molar-refractivity contribution in [2.24, 2.45) is 5.92 Å². The zero-order valence-electron chi connectivity index (χ0n) is 45.6. The molecule has 3 aliphatic heterocycles. The number of piperazine rings is 1. The average molecular weight is 1070 g/mol. The second kappa shape index (κ2) is 23.9. The van der Waals surface area contributed by atoms with E-state index in [1.165, 1.54) is 11.8 Å². The number of aromatic nitrogens is 2. The minimum atomic E-state index is -1.31. The van der Waals surface area contributed by atoms with Crippen LogP contribution >= 0.6 is 0 Å². The summed E-state index contributed by atoms with van der Waals surface area (Å²) in [5.74, 6) is -0.967. The molecule has 0 bridgehead atoms. The Morgan fingerprint density at radius 2 is 1.37 bits per heavy atom. The fourth-order valence-electron chi connectivity index (χ4n) is 10.9. The monoisotopic (exact) mass is 1070 g/mol. The summed E-state index contributed by atoms with van der Waals surface area (Å²) in [5.41, 5.74) is 6.06. The lowest BCUT2D eigenvalue weighted by Crippen LogP contribution is -2.66. The van der Waals surface area contributed by atoms with E-state index in [0.29, 0.717) is 54.4 Å². The molecule has 1 aliphatic carbocycles. The Hall–Kier alpha value is -7.77. The van der Waals surface area contributed by atoms with E-state index < -0.39 is 54.0 Å². The highest BCUT2D eigenvalue weighted by Crippen LogP contribution is 2.45. The van der Waals surface area contributed by atoms with Crippen LogP contribution in [0.3, 0.4) is 0 Å². The first kappa shape index (κ1) is 55.0. The van der Waals surface area contributed by atoms with Crippen LogP contribution in [0.5, 0.6) is 5.75 Å². The van der Waals surface area contributed by atoms with Crippen LogP contribution in [0.1, 0.15) is 90.1 Å². The van der Waals surface area contributed by atoms with Crippen molar-refractivity contribution in [3.63, 3.8) is 0 Å². The highest BCUT2D eigenvalue weighted by Gasteiger charge is 2.47. The highest BCUT2D eigenvalue weighted by atomic mass is 16.7. The van der Waals surface area contributed by atoms with E-state index in [2.05, 4.69) is 43.0 Å². The number of fused-ring (bicyclic) bond motifs is 6. The summed E-state index contributed by atoms with van der Waals surface area (Å²) >= 11 is 0. The van der Waals surface area contributed by atoms with Crippen molar-refractivity contribution < 1.29 is 47.7 Å². The van der Waals surface area contributed by atoms with E-state index in [1.807, 2.05) is 100 Å². The smallest absolute Gasteiger partial charge is 0.418 e. The Bertz CT molecular complexity index is 2920. The summed E-state index contributed by atoms with van der Waals surface area (Å²) in [6, 6.07) is 31.5. The normalized spacial score (nSPS) is 18.6. The summed E-state index contributed by atoms with van der Waals surface area (Å²) < 4.78 is 28.9. The van der Waals surface area contributed by atoms with Crippen molar-refractivity contribution in [2.75, 3.05) is 63.0 Å². The molecule has 3 N–H and O–H groups in total. The van der Waals surface area contributed by atoms with Crippen molar-refractivity contribution in [3.05, 3.63) is 126 Å². The first-order valence-electron chi connectivity index (χ1n) is 26.8. The fraction of sp³-hybridized carbons (Fsp3) is 0.441. The number of nitrogens with zero attached hydrogens (tertiary/aromatic N) is 6. The van der Waals surface area contributed by atoms with Crippen molar-refractivity contribution in [3.8, 4) is 28.1 Å². The van der Waals surface area contributed by atoms with E-state index >= 15 is 4.79 Å². The molecule has 4 aromatic carbocycles. The molecule has 1 unspecified atom stereocenters. The number of amides is 5. The second-order valence-electron chi connectivity index (χ2n) is 21.7. The molecule has 78 heavy (non-hydrogen) atoms. The number of anilines is 2. The van der Waals surface area contributed by atoms with Gasteiger partial charge in [-0.15, -0.1) is 10.2 Å². The number of para-hydroxylation sites is 1. The molecular weight excluding hydrogens is 995 g/mol. The van der Waals surface area contributed by atoms with E-state index in [4.69, 9.17) is 28.8 Å². The molecule has 4 aliphatic rings. The molecule has 0 saturated carbocycles. The van der Waals surface area contributed by atoms with Crippen LogP contribution in [0.25, 0.3) is 22.4 Å². The van der Waals surface area contributed by atoms with Crippen LogP contribution in [0.15, 0.2) is 109 Å². The molecular formula is C59H71N9O10. The molecule has 5 aromatic rings. The second-order valence-corrected chi connectivity index (χ2v) is 21.7. The quantitative estimate of drug-likeness (QED) is 0.0667. The number of hydrogen-bond acceptors (Lipinski definition) is 14. The number of likely N-dealkylation sites (tertiary alicyclic amines) is 1. The summed E-state index contributed by atoms with van der Waals surface area (Å²) in [4.78, 5) is 77.5. The van der Waals surface area contributed by atoms with E-state index in [9.17, 15) is 19.2 Å². The molecule has 1 aromatic heterocycles. The molecule has 5 atom stereocenters. The largest absolute Gasteiger partial charge is 0.467 e. The minimum Gasteiger partial charge on any atom is -0.467 e. The number of carbonyl (C=O) groups excluding carboxylic acids is 5. The Kier molecular flexibility index (Phi) is 16.8. The molecule has 0 spiro atoms. The van der Waals surface area contributed by atoms with Gasteiger partial charge in [0.15, 0.2) is 12.6 Å². The van der Waals surface area contributed by atoms with Crippen LogP contribution in [0.4, 0.5) is 25.9 Å². The lowest BCUT2D eigenvalue weighted by molar-refractivity contribution is -0.131. The van der Waals surface area contributed by atoms with Gasteiger partial charge >= 0.3 is 18.3 Å². The number of rotatable bonds is 15. The maximum atomic E-state index is 15.0. The number of ether oxygens (including phenoxy) is 5. The lowest BCUT2D eigenvalue weighted by atomic mass is 9.95. The Labute approximate surface area is 455 Å². The number of carbonyl (C=O) groups is 5. The van der Waals surface area contributed by atoms with Crippen molar-refractivity contribution in [2.45, 2.75) is 109 Å². The first-order chi connectivity index (χ1) is 37.5. The van der Waals surface area contributed by atoms with Crippen LogP contribution in [0.2, 0.25) is 0 Å². The summed E-state index contributed by atoms with van der Waals surface area (Å²) in [6.07, 6.45) is -1.64. The van der Waals surface area contributed by atoms with Gasteiger partial charge in [-0.3, -0.25) is 19.4 Å². The number of hydrogen-bond donors (Lipinski definition) is 3. The zero-order valence-corrected chi connectivity index (χ0v) is 45.6. The minimum absolute atomic E-state index is 0.0246. The summed E-state index contributed by atoms with van der Waals surface area (Å²) in [6.45, 7) is 15.8. The number of piperidine rings is 1. The standard InChI is InChI=1S/C59H71N9O10/c1-36(2)51(61-56(71)75-34-46-43-22-14-12-20-41(43)42-21-13-15-23-44(42)46)54(70)60-37(3)53(69)62-55(39-18-10-9-11-19-39)77-58(73)68-38(4)49-33-66(40-26-28-65(29-27-40)57(72)78-59(5,6)7)30-31-67(49)48-32-47(63-64-52(48)68)45-24-16-17-25-50(45)76-35-74-8/h9-25,32,36-38,40,46,49,51,55H,26-31,33-35H2,1-8H3,(H,60,70)(H,61,71)(H,62,69)/t37-,38-,49-,51-,55?/m0/s1. The Balaban J connectivity index is 0.908. The molecule has 2 saturated heterocycles. The average Bonchev–Trinajstić information content (AvgIpc) is 3.93. The van der Waals surface area contributed by atoms with Crippen molar-refractivity contribution in [1.29, 1.82) is 0 Å². The van der Waals surface area contributed by atoms with Gasteiger partial charge in [0.05, 0.1) is 23.5 Å². The van der Waals surface area contributed by atoms with Crippen molar-refractivity contribution in [1.82, 2.24) is 35.9 Å². The van der Waals surface area contributed by atoms with Crippen LogP contribution in [-0.2, 0) is 28.5 Å². The maximum Gasteiger partial charge on any atom is 0.418 e. The van der Waals surface area contributed by atoms with Gasteiger partial charge in [0.1, 0.15) is 30.0 Å². The summed E-state index contributed by atoms with van der Waals surface area (Å²) in [5, 5.41) is 17.7. The lowest BCUT2D eigenvalue weighted by Gasteiger charge is -2.53. The van der Waals surface area contributed by atoms with Gasteiger partial charge in [0.25, 0.3) is 0 Å². The zero-order chi connectivity index (χ0) is 55.3. The topological polar surface area (TPSA) is 206 Å². The molecule has 412 valence electrons. The van der Waals surface area contributed by atoms with E-state index in [0.717, 1.165) is 41.6 Å². The van der Waals surface area contributed by atoms with Gasteiger partial charge in [-0.05, 0) is 93.8 Å². The van der Waals surface area contributed by atoms with Gasteiger partial charge in [-0.1, -0.05) is 105 Å². The van der Waals surface area contributed by atoms with Gasteiger partial charge in [-0.2, -0.15) is 0 Å². The SMILES string of the molecule is COCOc1ccccc1-c1cc2c(nn1)N(C(=O)OC(NC(=O)[C@H](C)NC(=O)[C@@H](NC(=O)OCC1c3ccccc3-c3ccccc31)C(C)C)c1ccccc1)[C@@H](C)[C@@H]1CN(C3CCN(C(=O)OC(C)(C)C)CC3)CCN21. The number of alkyl carbamates (subject to hydrolysis) is 1. The third kappa shape index (κ3) is 12.2. The molecule has 0 radical (unpaired) electrons. The van der Waals surface area contributed by atoms with E-state index in [1.54, 1.807) is 50.1 Å². The van der Waals surface area contributed by atoms with Gasteiger partial charge < -0.3 is 49.4 Å². The predicted molar refractivity (Wildman–Crippen MR) is 294 cm³/mol. The number of methoxy groups -OCH3 is 1. The van der Waals surface area contributed by atoms with E-state index in [-0.39, 0.29) is 49.2 Å². The number of nitrogens with one attached hydrogen (secondary N) is 3. The molecule has 19 nitrogen and oxygen atoms in total. The third-order valence-corrected chi connectivity index (χ3v) is 14.9. The Morgan fingerprint density at radius 1 is 0.731 bits per heavy atom. The first-order valence-corrected chi connectivity index (χ1v) is 26.8. The molecule has 19 heteroatoms. The van der Waals surface area contributed by atoms with Crippen molar-refractivity contribution >= 4 is 41.6 Å². The molecule has 5 amide bonds. The molecule has 4 heterocycles. The molecule has 2 fully saturated rings. The highest BCUT2D eigenvalue weighted by molar-refractivity contribution is 5.95. The maximum absolute atomic E-state index is 15.0. The summed E-state index contributed by atoms with van der Waals surface area (Å²) in [7, 11) is 1.55. The van der Waals surface area contributed by atoms with Gasteiger partial charge in [-0.25, -0.2) is 14.4 Å². The molecule has 9 rings (SSSR count). The van der Waals surface area contributed by atoms with Crippen LogP contribution < -0.4 is 30.5 Å². The fourth-order valence-corrected chi connectivity index (χ4v) is 10.9. The van der Waals surface area contributed by atoms with Gasteiger partial charge in [0, 0.05) is 62.9 Å². The predicted octanol–water partition coefficient (Wildman–Crippen LogP) is 8.24. The van der Waals surface area contributed by atoms with Gasteiger partial charge in [0.2, 0.25) is 18.0 Å². The Morgan fingerprint density at radius 3 is 2.03 bits per heavy atom. The van der Waals surface area contributed by atoms with Crippen LogP contribution in [0, 0.1) is 5.92 Å².